The van der Waals surface area contributed by atoms with Gasteiger partial charge < -0.3 is 9.47 Å². The maximum Gasteiger partial charge on any atom is 0.144 e. The van der Waals surface area contributed by atoms with E-state index in [0.29, 0.717) is 6.10 Å². The Kier molecular flexibility index (Phi) is 2.11. The van der Waals surface area contributed by atoms with E-state index in [2.05, 4.69) is 0 Å². The van der Waals surface area contributed by atoms with Crippen LogP contribution in [0.2, 0.25) is 0 Å². The smallest absolute Gasteiger partial charge is 0.144 e. The monoisotopic (exact) mass is 128 g/mol. The number of allylic oxidation sites excluding steroid dienone is 1. The average Bonchev–Trinajstić information content (AvgIpc) is 1.60. The van der Waals surface area contributed by atoms with Gasteiger partial charge in [0.1, 0.15) is 6.10 Å². The third-order valence-corrected chi connectivity index (χ3v) is 1.10. The Labute approximate surface area is 55.5 Å². The lowest BCUT2D eigenvalue weighted by Gasteiger charge is -2.24. The molecule has 0 N–H and O–H groups in total. The lowest BCUT2D eigenvalue weighted by molar-refractivity contribution is -0.0997. The number of hydrogen-bond acceptors (Lipinski definition) is 2. The molecule has 0 aromatic carbocycles. The van der Waals surface area contributed by atoms with E-state index < -0.39 is 0 Å². The second kappa shape index (κ2) is 2.87. The molecule has 0 aliphatic carbocycles. The third-order valence-electron chi connectivity index (χ3n) is 1.10. The van der Waals surface area contributed by atoms with E-state index in [1.54, 1.807) is 6.26 Å². The van der Waals surface area contributed by atoms with Crippen molar-refractivity contribution < 1.29 is 9.47 Å². The van der Waals surface area contributed by atoms with Crippen molar-refractivity contribution in [3.05, 3.63) is 11.8 Å². The van der Waals surface area contributed by atoms with Crippen LogP contribution in [0.1, 0.15) is 13.8 Å². The molecule has 0 unspecified atom stereocenters. The van der Waals surface area contributed by atoms with Gasteiger partial charge in [-0.1, -0.05) is 0 Å². The van der Waals surface area contributed by atoms with E-state index >= 15 is 0 Å². The Bertz CT molecular complexity index is 110. The van der Waals surface area contributed by atoms with Gasteiger partial charge >= 0.3 is 0 Å². The Hall–Kier alpha value is -0.500. The maximum absolute atomic E-state index is 5.25. The van der Waals surface area contributed by atoms with Crippen molar-refractivity contribution in [1.82, 2.24) is 0 Å². The predicted molar refractivity (Wildman–Crippen MR) is 35.1 cm³/mol. The summed E-state index contributed by atoms with van der Waals surface area (Å²) in [6, 6.07) is 0. The van der Waals surface area contributed by atoms with Crippen LogP contribution in [0.5, 0.6) is 0 Å². The molecule has 1 rings (SSSR count). The average molecular weight is 128 g/mol. The van der Waals surface area contributed by atoms with E-state index in [9.17, 15) is 0 Å². The van der Waals surface area contributed by atoms with Crippen LogP contribution in [0.25, 0.3) is 0 Å². The fourth-order valence-electron chi connectivity index (χ4n) is 0.525. The SMILES string of the molecule is CC(C)=COC1COC1. The predicted octanol–water partition coefficient (Wildman–Crippen LogP) is 1.33. The minimum atomic E-state index is 0.319. The highest BCUT2D eigenvalue weighted by Crippen LogP contribution is 2.06. The number of rotatable bonds is 2. The highest BCUT2D eigenvalue weighted by atomic mass is 16.6. The van der Waals surface area contributed by atoms with Crippen molar-refractivity contribution in [1.29, 1.82) is 0 Å². The van der Waals surface area contributed by atoms with Gasteiger partial charge in [-0.3, -0.25) is 0 Å². The standard InChI is InChI=1S/C7H12O2/c1-6(2)3-9-7-4-8-5-7/h3,7H,4-5H2,1-2H3. The summed E-state index contributed by atoms with van der Waals surface area (Å²) in [6.45, 7) is 5.53. The quantitative estimate of drug-likeness (QED) is 0.522. The van der Waals surface area contributed by atoms with E-state index in [0.717, 1.165) is 13.2 Å². The van der Waals surface area contributed by atoms with E-state index in [-0.39, 0.29) is 0 Å². The molecule has 0 atom stereocenters. The van der Waals surface area contributed by atoms with Crippen molar-refractivity contribution in [3.63, 3.8) is 0 Å². The Morgan fingerprint density at radius 1 is 1.56 bits per heavy atom. The van der Waals surface area contributed by atoms with Crippen LogP contribution in [0.3, 0.4) is 0 Å². The third kappa shape index (κ3) is 2.06. The normalized spacial score (nSPS) is 18.4. The molecule has 52 valence electrons. The molecule has 2 heteroatoms. The fraction of sp³-hybridized carbons (Fsp3) is 0.714. The Morgan fingerprint density at radius 3 is 2.56 bits per heavy atom. The zero-order chi connectivity index (χ0) is 6.69. The van der Waals surface area contributed by atoms with E-state index in [1.807, 2.05) is 13.8 Å². The zero-order valence-electron chi connectivity index (χ0n) is 5.89. The summed E-state index contributed by atoms with van der Waals surface area (Å²) in [5, 5.41) is 0. The molecule has 0 aromatic rings. The Balaban J connectivity index is 2.10. The molecule has 0 radical (unpaired) electrons. The molecule has 0 spiro atoms. The topological polar surface area (TPSA) is 18.5 Å². The van der Waals surface area contributed by atoms with Gasteiger partial charge in [0.2, 0.25) is 0 Å². The van der Waals surface area contributed by atoms with Crippen LogP contribution >= 0.6 is 0 Å². The number of hydrogen-bond donors (Lipinski definition) is 0. The minimum absolute atomic E-state index is 0.319. The molecule has 1 heterocycles. The first-order chi connectivity index (χ1) is 4.29. The molecule has 1 fully saturated rings. The summed E-state index contributed by atoms with van der Waals surface area (Å²) in [5.41, 5.74) is 1.20. The zero-order valence-corrected chi connectivity index (χ0v) is 5.89. The van der Waals surface area contributed by atoms with Gasteiger partial charge in [0.05, 0.1) is 19.5 Å². The van der Waals surface area contributed by atoms with E-state index in [4.69, 9.17) is 9.47 Å². The molecule has 1 aliphatic rings. The highest BCUT2D eigenvalue weighted by Gasteiger charge is 2.17. The van der Waals surface area contributed by atoms with Crippen LogP contribution in [0.15, 0.2) is 11.8 Å². The molecule has 0 bridgehead atoms. The van der Waals surface area contributed by atoms with Crippen molar-refractivity contribution >= 4 is 0 Å². The van der Waals surface area contributed by atoms with Crippen molar-refractivity contribution in [2.75, 3.05) is 13.2 Å². The second-order valence-corrected chi connectivity index (χ2v) is 2.49. The largest absolute Gasteiger partial charge is 0.493 e. The molecule has 0 saturated carbocycles. The fourth-order valence-corrected chi connectivity index (χ4v) is 0.525. The van der Waals surface area contributed by atoms with Crippen molar-refractivity contribution in [2.24, 2.45) is 0 Å². The lowest BCUT2D eigenvalue weighted by Crippen LogP contribution is -2.34. The summed E-state index contributed by atoms with van der Waals surface area (Å²) in [6.07, 6.45) is 2.10. The lowest BCUT2D eigenvalue weighted by atomic mass is 10.3. The van der Waals surface area contributed by atoms with Crippen molar-refractivity contribution in [3.8, 4) is 0 Å². The van der Waals surface area contributed by atoms with Gasteiger partial charge in [0.25, 0.3) is 0 Å². The first kappa shape index (κ1) is 6.62. The first-order valence-electron chi connectivity index (χ1n) is 3.15. The van der Waals surface area contributed by atoms with Gasteiger partial charge in [0.15, 0.2) is 0 Å². The molecular weight excluding hydrogens is 116 g/mol. The summed E-state index contributed by atoms with van der Waals surface area (Å²) in [5.74, 6) is 0. The van der Waals surface area contributed by atoms with Crippen LogP contribution in [0, 0.1) is 0 Å². The van der Waals surface area contributed by atoms with Gasteiger partial charge in [-0.15, -0.1) is 0 Å². The van der Waals surface area contributed by atoms with Crippen LogP contribution in [-0.4, -0.2) is 19.3 Å². The van der Waals surface area contributed by atoms with Crippen LogP contribution < -0.4 is 0 Å². The van der Waals surface area contributed by atoms with Crippen molar-refractivity contribution in [2.45, 2.75) is 20.0 Å². The van der Waals surface area contributed by atoms with Crippen LogP contribution in [-0.2, 0) is 9.47 Å². The maximum atomic E-state index is 5.25. The molecule has 2 nitrogen and oxygen atoms in total. The highest BCUT2D eigenvalue weighted by molar-refractivity contribution is 4.87. The van der Waals surface area contributed by atoms with Gasteiger partial charge in [-0.25, -0.2) is 0 Å². The summed E-state index contributed by atoms with van der Waals surface area (Å²) < 4.78 is 10.2. The molecular formula is C7H12O2. The second-order valence-electron chi connectivity index (χ2n) is 2.49. The van der Waals surface area contributed by atoms with Gasteiger partial charge in [-0.05, 0) is 19.4 Å². The summed E-state index contributed by atoms with van der Waals surface area (Å²) >= 11 is 0. The minimum Gasteiger partial charge on any atom is -0.493 e. The molecule has 1 aliphatic heterocycles. The molecule has 9 heavy (non-hydrogen) atoms. The van der Waals surface area contributed by atoms with Gasteiger partial charge in [-0.2, -0.15) is 0 Å². The van der Waals surface area contributed by atoms with E-state index in [1.165, 1.54) is 5.57 Å². The molecule has 1 saturated heterocycles. The molecule has 0 aromatic heterocycles. The van der Waals surface area contributed by atoms with Crippen LogP contribution in [0.4, 0.5) is 0 Å². The Morgan fingerprint density at radius 2 is 2.22 bits per heavy atom. The summed E-state index contributed by atoms with van der Waals surface area (Å²) in [4.78, 5) is 0. The first-order valence-corrected chi connectivity index (χ1v) is 3.15. The van der Waals surface area contributed by atoms with Gasteiger partial charge in [0, 0.05) is 0 Å². The summed E-state index contributed by atoms with van der Waals surface area (Å²) in [7, 11) is 0. The molecule has 0 amide bonds. The number of ether oxygens (including phenoxy) is 2.